The summed E-state index contributed by atoms with van der Waals surface area (Å²) in [7, 11) is 1.80. The second-order valence-electron chi connectivity index (χ2n) is 5.95. The molecule has 0 radical (unpaired) electrons. The average molecular weight is 278 g/mol. The molecule has 2 heterocycles. The van der Waals surface area contributed by atoms with Crippen LogP contribution >= 0.6 is 0 Å². The topological polar surface area (TPSA) is 50.2 Å². The van der Waals surface area contributed by atoms with Crippen molar-refractivity contribution in [2.24, 2.45) is 13.0 Å². The molecule has 0 spiro atoms. The summed E-state index contributed by atoms with van der Waals surface area (Å²) in [5.41, 5.74) is 1.51. The summed E-state index contributed by atoms with van der Waals surface area (Å²) in [6.07, 6.45) is 3.67. The largest absolute Gasteiger partial charge is 0.351 e. The Bertz CT molecular complexity index is 455. The summed E-state index contributed by atoms with van der Waals surface area (Å²) in [6.45, 7) is 8.43. The maximum atomic E-state index is 12.0. The first-order valence-corrected chi connectivity index (χ1v) is 7.57. The minimum Gasteiger partial charge on any atom is -0.351 e. The number of nitrogens with zero attached hydrogens (tertiary/aromatic N) is 3. The van der Waals surface area contributed by atoms with E-state index in [1.54, 1.807) is 11.7 Å². The summed E-state index contributed by atoms with van der Waals surface area (Å²) in [5.74, 6) is 0.788. The Kier molecular flexibility index (Phi) is 5.17. The molecule has 5 heteroatoms. The first-order valence-electron chi connectivity index (χ1n) is 7.57. The summed E-state index contributed by atoms with van der Waals surface area (Å²) in [4.78, 5) is 14.5. The zero-order valence-corrected chi connectivity index (χ0v) is 12.9. The van der Waals surface area contributed by atoms with Crippen LogP contribution < -0.4 is 5.32 Å². The molecular weight excluding hydrogens is 252 g/mol. The van der Waals surface area contributed by atoms with Gasteiger partial charge < -0.3 is 10.2 Å². The van der Waals surface area contributed by atoms with Gasteiger partial charge in [0.2, 0.25) is 0 Å². The molecule has 0 aromatic carbocycles. The first-order chi connectivity index (χ1) is 9.56. The van der Waals surface area contributed by atoms with Gasteiger partial charge in [0.15, 0.2) is 0 Å². The van der Waals surface area contributed by atoms with E-state index < -0.39 is 0 Å². The van der Waals surface area contributed by atoms with Gasteiger partial charge in [0.25, 0.3) is 5.91 Å². The molecule has 1 atom stereocenters. The van der Waals surface area contributed by atoms with Crippen molar-refractivity contribution in [2.45, 2.75) is 33.1 Å². The van der Waals surface area contributed by atoms with Crippen molar-refractivity contribution in [1.82, 2.24) is 20.0 Å². The number of piperidine rings is 1. The third-order valence-electron chi connectivity index (χ3n) is 3.91. The van der Waals surface area contributed by atoms with Gasteiger partial charge >= 0.3 is 0 Å². The molecule has 0 aliphatic carbocycles. The average Bonchev–Trinajstić information content (AvgIpc) is 2.74. The fourth-order valence-electron chi connectivity index (χ4n) is 2.91. The predicted octanol–water partition coefficient (Wildman–Crippen LogP) is 1.58. The zero-order valence-electron chi connectivity index (χ0n) is 12.9. The van der Waals surface area contributed by atoms with Crippen molar-refractivity contribution in [3.8, 4) is 0 Å². The summed E-state index contributed by atoms with van der Waals surface area (Å²) in [5, 5.41) is 7.17. The number of hydrogen-bond acceptors (Lipinski definition) is 3. The Balaban J connectivity index is 1.68. The van der Waals surface area contributed by atoms with E-state index in [2.05, 4.69) is 22.2 Å². The van der Waals surface area contributed by atoms with Crippen LogP contribution in [0.4, 0.5) is 0 Å². The van der Waals surface area contributed by atoms with Crippen LogP contribution in [0.3, 0.4) is 0 Å². The van der Waals surface area contributed by atoms with Crippen LogP contribution in [0.15, 0.2) is 6.07 Å². The standard InChI is InChI=1S/C15H26N4O/c1-12-6-4-8-19(11-12)9-5-7-16-15(20)14-10-13(2)17-18(14)3/h10,12H,4-9,11H2,1-3H3,(H,16,20). The number of rotatable bonds is 5. The molecule has 5 nitrogen and oxygen atoms in total. The van der Waals surface area contributed by atoms with E-state index in [-0.39, 0.29) is 5.91 Å². The normalized spacial score (nSPS) is 20.1. The van der Waals surface area contributed by atoms with Gasteiger partial charge in [-0.15, -0.1) is 0 Å². The van der Waals surface area contributed by atoms with Crippen molar-refractivity contribution in [3.05, 3.63) is 17.5 Å². The minimum atomic E-state index is -0.0277. The minimum absolute atomic E-state index is 0.0277. The maximum Gasteiger partial charge on any atom is 0.269 e. The van der Waals surface area contributed by atoms with Gasteiger partial charge in [-0.05, 0) is 51.3 Å². The molecule has 112 valence electrons. The number of aromatic nitrogens is 2. The first kappa shape index (κ1) is 15.0. The van der Waals surface area contributed by atoms with Gasteiger partial charge in [-0.25, -0.2) is 0 Å². The Labute approximate surface area is 121 Å². The van der Waals surface area contributed by atoms with Gasteiger partial charge in [0.1, 0.15) is 5.69 Å². The quantitative estimate of drug-likeness (QED) is 0.832. The van der Waals surface area contributed by atoms with Crippen LogP contribution in [0.25, 0.3) is 0 Å². The molecule has 1 saturated heterocycles. The predicted molar refractivity (Wildman–Crippen MR) is 79.7 cm³/mol. The summed E-state index contributed by atoms with van der Waals surface area (Å²) < 4.78 is 1.64. The van der Waals surface area contributed by atoms with Crippen LogP contribution in [0.5, 0.6) is 0 Å². The molecule has 1 aliphatic heterocycles. The van der Waals surface area contributed by atoms with Gasteiger partial charge in [-0.1, -0.05) is 6.92 Å². The molecular formula is C15H26N4O. The van der Waals surface area contributed by atoms with Gasteiger partial charge in [0, 0.05) is 20.1 Å². The van der Waals surface area contributed by atoms with Crippen LogP contribution in [0.1, 0.15) is 42.4 Å². The SMILES string of the molecule is Cc1cc(C(=O)NCCCN2CCCC(C)C2)n(C)n1. The second kappa shape index (κ2) is 6.88. The van der Waals surface area contributed by atoms with Crippen molar-refractivity contribution in [2.75, 3.05) is 26.2 Å². The molecule has 1 aliphatic rings. The number of likely N-dealkylation sites (tertiary alicyclic amines) is 1. The third kappa shape index (κ3) is 4.07. The summed E-state index contributed by atoms with van der Waals surface area (Å²) >= 11 is 0. The second-order valence-corrected chi connectivity index (χ2v) is 5.95. The van der Waals surface area contributed by atoms with E-state index in [4.69, 9.17) is 0 Å². The third-order valence-corrected chi connectivity index (χ3v) is 3.91. The van der Waals surface area contributed by atoms with Crippen molar-refractivity contribution in [1.29, 1.82) is 0 Å². The van der Waals surface area contributed by atoms with E-state index >= 15 is 0 Å². The Morgan fingerprint density at radius 1 is 1.55 bits per heavy atom. The molecule has 1 amide bonds. The lowest BCUT2D eigenvalue weighted by Crippen LogP contribution is -2.36. The van der Waals surface area contributed by atoms with Crippen molar-refractivity contribution in [3.63, 3.8) is 0 Å². The maximum absolute atomic E-state index is 12.0. The lowest BCUT2D eigenvalue weighted by atomic mass is 10.0. The number of aryl methyl sites for hydroxylation is 2. The van der Waals surface area contributed by atoms with E-state index in [0.717, 1.165) is 31.1 Å². The smallest absolute Gasteiger partial charge is 0.269 e. The lowest BCUT2D eigenvalue weighted by molar-refractivity contribution is 0.0940. The number of hydrogen-bond donors (Lipinski definition) is 1. The Hall–Kier alpha value is -1.36. The number of amides is 1. The molecule has 1 fully saturated rings. The Morgan fingerprint density at radius 3 is 3.00 bits per heavy atom. The van der Waals surface area contributed by atoms with E-state index in [1.807, 2.05) is 13.0 Å². The highest BCUT2D eigenvalue weighted by atomic mass is 16.2. The van der Waals surface area contributed by atoms with Crippen LogP contribution in [-0.2, 0) is 7.05 Å². The molecule has 0 bridgehead atoms. The van der Waals surface area contributed by atoms with E-state index in [0.29, 0.717) is 5.69 Å². The molecule has 0 saturated carbocycles. The fraction of sp³-hybridized carbons (Fsp3) is 0.733. The Morgan fingerprint density at radius 2 is 2.35 bits per heavy atom. The van der Waals surface area contributed by atoms with E-state index in [9.17, 15) is 4.79 Å². The van der Waals surface area contributed by atoms with Gasteiger partial charge in [-0.2, -0.15) is 5.10 Å². The highest BCUT2D eigenvalue weighted by molar-refractivity contribution is 5.92. The highest BCUT2D eigenvalue weighted by Crippen LogP contribution is 2.15. The molecule has 1 aromatic heterocycles. The molecule has 1 unspecified atom stereocenters. The summed E-state index contributed by atoms with van der Waals surface area (Å²) in [6, 6.07) is 1.82. The monoisotopic (exact) mass is 278 g/mol. The molecule has 1 aromatic rings. The van der Waals surface area contributed by atoms with E-state index in [1.165, 1.54) is 25.9 Å². The van der Waals surface area contributed by atoms with Crippen molar-refractivity contribution >= 4 is 5.91 Å². The highest BCUT2D eigenvalue weighted by Gasteiger charge is 2.16. The molecule has 20 heavy (non-hydrogen) atoms. The zero-order chi connectivity index (χ0) is 14.5. The number of carbonyl (C=O) groups is 1. The van der Waals surface area contributed by atoms with Crippen LogP contribution in [0.2, 0.25) is 0 Å². The van der Waals surface area contributed by atoms with Crippen LogP contribution in [0, 0.1) is 12.8 Å². The number of nitrogens with one attached hydrogen (secondary N) is 1. The fourth-order valence-corrected chi connectivity index (χ4v) is 2.91. The van der Waals surface area contributed by atoms with Crippen molar-refractivity contribution < 1.29 is 4.79 Å². The molecule has 2 rings (SSSR count). The van der Waals surface area contributed by atoms with Crippen LogP contribution in [-0.4, -0.2) is 46.8 Å². The van der Waals surface area contributed by atoms with Gasteiger partial charge in [0.05, 0.1) is 5.69 Å². The molecule has 1 N–H and O–H groups in total. The number of carbonyl (C=O) groups excluding carboxylic acids is 1. The van der Waals surface area contributed by atoms with Gasteiger partial charge in [-0.3, -0.25) is 9.48 Å². The lowest BCUT2D eigenvalue weighted by Gasteiger charge is -2.30.